The minimum Gasteiger partial charge on any atom is -0.352 e. The SMILES string of the molecule is O=C(NCCCN1CCCCC1)c1ccc(CS(=O)(=O)N2CCCC2)cc1. The Balaban J connectivity index is 1.42. The van der Waals surface area contributed by atoms with Gasteiger partial charge >= 0.3 is 0 Å². The third-order valence-corrected chi connectivity index (χ3v) is 7.26. The summed E-state index contributed by atoms with van der Waals surface area (Å²) >= 11 is 0. The summed E-state index contributed by atoms with van der Waals surface area (Å²) in [5.41, 5.74) is 1.30. The number of hydrogen-bond donors (Lipinski definition) is 1. The highest BCUT2D eigenvalue weighted by atomic mass is 32.2. The fourth-order valence-electron chi connectivity index (χ4n) is 3.81. The highest BCUT2D eigenvalue weighted by molar-refractivity contribution is 7.88. The Kier molecular flexibility index (Phi) is 7.26. The molecule has 3 rings (SSSR count). The number of rotatable bonds is 8. The number of benzene rings is 1. The van der Waals surface area contributed by atoms with Crippen LogP contribution in [0.4, 0.5) is 0 Å². The maximum atomic E-state index is 12.4. The number of carbonyl (C=O) groups excluding carboxylic acids is 1. The first-order chi connectivity index (χ1) is 13.0. The summed E-state index contributed by atoms with van der Waals surface area (Å²) < 4.78 is 26.3. The van der Waals surface area contributed by atoms with Gasteiger partial charge in [0.15, 0.2) is 0 Å². The Morgan fingerprint density at radius 1 is 0.926 bits per heavy atom. The fraction of sp³-hybridized carbons (Fsp3) is 0.650. The summed E-state index contributed by atoms with van der Waals surface area (Å²) in [6, 6.07) is 6.93. The molecule has 7 heteroatoms. The second-order valence-electron chi connectivity index (χ2n) is 7.57. The first kappa shape index (κ1) is 20.3. The standard InChI is InChI=1S/C20H31N3O3S/c24-20(21-11-6-14-22-12-2-1-3-13-22)19-9-7-18(8-10-19)17-27(25,26)23-15-4-5-16-23/h7-10H,1-6,11-17H2,(H,21,24). The zero-order chi connectivity index (χ0) is 19.1. The molecule has 0 aliphatic carbocycles. The van der Waals surface area contributed by atoms with E-state index in [0.29, 0.717) is 25.2 Å². The molecular weight excluding hydrogens is 362 g/mol. The van der Waals surface area contributed by atoms with E-state index in [4.69, 9.17) is 0 Å². The van der Waals surface area contributed by atoms with Gasteiger partial charge in [-0.25, -0.2) is 12.7 Å². The van der Waals surface area contributed by atoms with Gasteiger partial charge < -0.3 is 10.2 Å². The van der Waals surface area contributed by atoms with Gasteiger partial charge in [-0.3, -0.25) is 4.79 Å². The van der Waals surface area contributed by atoms with Crippen LogP contribution in [0.1, 0.15) is 54.4 Å². The molecule has 0 unspecified atom stereocenters. The molecule has 2 heterocycles. The number of nitrogens with zero attached hydrogens (tertiary/aromatic N) is 2. The minimum atomic E-state index is -3.25. The molecule has 1 aromatic rings. The van der Waals surface area contributed by atoms with Crippen molar-refractivity contribution in [2.24, 2.45) is 0 Å². The summed E-state index contributed by atoms with van der Waals surface area (Å²) in [6.45, 7) is 5.31. The zero-order valence-corrected chi connectivity index (χ0v) is 16.8. The maximum absolute atomic E-state index is 12.4. The molecule has 1 amide bonds. The molecule has 2 saturated heterocycles. The third-order valence-electron chi connectivity index (χ3n) is 5.41. The van der Waals surface area contributed by atoms with Crippen molar-refractivity contribution in [3.05, 3.63) is 35.4 Å². The average Bonchev–Trinajstić information content (AvgIpc) is 3.22. The predicted molar refractivity (Wildman–Crippen MR) is 107 cm³/mol. The number of carbonyl (C=O) groups is 1. The van der Waals surface area contributed by atoms with Crippen LogP contribution in [-0.4, -0.2) is 62.8 Å². The number of hydrogen-bond acceptors (Lipinski definition) is 4. The molecule has 0 atom stereocenters. The summed E-state index contributed by atoms with van der Waals surface area (Å²) in [4.78, 5) is 14.7. The van der Waals surface area contributed by atoms with Crippen molar-refractivity contribution in [1.82, 2.24) is 14.5 Å². The number of sulfonamides is 1. The largest absolute Gasteiger partial charge is 0.352 e. The molecule has 1 aromatic carbocycles. The quantitative estimate of drug-likeness (QED) is 0.688. The van der Waals surface area contributed by atoms with E-state index >= 15 is 0 Å². The highest BCUT2D eigenvalue weighted by Gasteiger charge is 2.25. The van der Waals surface area contributed by atoms with Crippen LogP contribution in [0.15, 0.2) is 24.3 Å². The second-order valence-corrected chi connectivity index (χ2v) is 9.54. The first-order valence-electron chi connectivity index (χ1n) is 10.1. The lowest BCUT2D eigenvalue weighted by atomic mass is 10.1. The summed E-state index contributed by atoms with van der Waals surface area (Å²) in [7, 11) is -3.25. The minimum absolute atomic E-state index is 0.00470. The number of piperidine rings is 1. The van der Waals surface area contributed by atoms with Crippen molar-refractivity contribution < 1.29 is 13.2 Å². The normalized spacial score (nSPS) is 19.3. The first-order valence-corrected chi connectivity index (χ1v) is 11.7. The molecule has 6 nitrogen and oxygen atoms in total. The lowest BCUT2D eigenvalue weighted by Gasteiger charge is -2.26. The van der Waals surface area contributed by atoms with E-state index in [-0.39, 0.29) is 11.7 Å². The van der Waals surface area contributed by atoms with Gasteiger partial charge in [-0.1, -0.05) is 18.6 Å². The Morgan fingerprint density at radius 2 is 1.56 bits per heavy atom. The van der Waals surface area contributed by atoms with Crippen molar-refractivity contribution in [3.63, 3.8) is 0 Å². The van der Waals surface area contributed by atoms with Gasteiger partial charge in [0.1, 0.15) is 0 Å². The Bertz CT molecular complexity index is 706. The molecule has 1 N–H and O–H groups in total. The molecule has 2 aliphatic heterocycles. The van der Waals surface area contributed by atoms with E-state index in [1.54, 1.807) is 28.6 Å². The van der Waals surface area contributed by atoms with Crippen molar-refractivity contribution in [2.45, 2.75) is 44.3 Å². The van der Waals surface area contributed by atoms with Crippen LogP contribution in [0.5, 0.6) is 0 Å². The van der Waals surface area contributed by atoms with E-state index in [9.17, 15) is 13.2 Å². The summed E-state index contributed by atoms with van der Waals surface area (Å²) in [5, 5.41) is 2.96. The van der Waals surface area contributed by atoms with Gasteiger partial charge in [-0.2, -0.15) is 0 Å². The molecule has 0 bridgehead atoms. The van der Waals surface area contributed by atoms with E-state index in [1.165, 1.54) is 32.4 Å². The smallest absolute Gasteiger partial charge is 0.251 e. The molecule has 0 radical (unpaired) electrons. The average molecular weight is 394 g/mol. The summed E-state index contributed by atoms with van der Waals surface area (Å²) in [5.74, 6) is -0.0901. The Labute approximate surface area is 163 Å². The van der Waals surface area contributed by atoms with Crippen molar-refractivity contribution in [2.75, 3.05) is 39.3 Å². The third kappa shape index (κ3) is 6.02. The molecule has 2 aliphatic rings. The molecule has 2 fully saturated rings. The topological polar surface area (TPSA) is 69.7 Å². The Hall–Kier alpha value is -1.44. The van der Waals surface area contributed by atoms with Crippen LogP contribution in [-0.2, 0) is 15.8 Å². The van der Waals surface area contributed by atoms with Crippen LogP contribution in [0, 0.1) is 0 Å². The van der Waals surface area contributed by atoms with Crippen molar-refractivity contribution in [1.29, 1.82) is 0 Å². The predicted octanol–water partition coefficient (Wildman–Crippen LogP) is 2.22. The van der Waals surface area contributed by atoms with Gasteiger partial charge in [-0.05, 0) is 69.4 Å². The monoisotopic (exact) mass is 393 g/mol. The van der Waals surface area contributed by atoms with Gasteiger partial charge in [-0.15, -0.1) is 0 Å². The molecule has 27 heavy (non-hydrogen) atoms. The van der Waals surface area contributed by atoms with E-state index < -0.39 is 10.0 Å². The number of amides is 1. The van der Waals surface area contributed by atoms with Crippen LogP contribution < -0.4 is 5.32 Å². The fourth-order valence-corrected chi connectivity index (χ4v) is 5.42. The van der Waals surface area contributed by atoms with Crippen LogP contribution >= 0.6 is 0 Å². The summed E-state index contributed by atoms with van der Waals surface area (Å²) in [6.07, 6.45) is 6.74. The molecule has 0 spiro atoms. The molecule has 0 saturated carbocycles. The van der Waals surface area contributed by atoms with Crippen LogP contribution in [0.2, 0.25) is 0 Å². The van der Waals surface area contributed by atoms with E-state index in [2.05, 4.69) is 10.2 Å². The maximum Gasteiger partial charge on any atom is 0.251 e. The lowest BCUT2D eigenvalue weighted by Crippen LogP contribution is -2.33. The van der Waals surface area contributed by atoms with Crippen molar-refractivity contribution in [3.8, 4) is 0 Å². The van der Waals surface area contributed by atoms with E-state index in [1.807, 2.05) is 0 Å². The van der Waals surface area contributed by atoms with Gasteiger partial charge in [0.2, 0.25) is 10.0 Å². The zero-order valence-electron chi connectivity index (χ0n) is 16.0. The van der Waals surface area contributed by atoms with E-state index in [0.717, 1.165) is 31.4 Å². The highest BCUT2D eigenvalue weighted by Crippen LogP contribution is 2.17. The number of nitrogens with one attached hydrogen (secondary N) is 1. The lowest BCUT2D eigenvalue weighted by molar-refractivity contribution is 0.0951. The molecule has 150 valence electrons. The van der Waals surface area contributed by atoms with Gasteiger partial charge in [0, 0.05) is 25.2 Å². The Morgan fingerprint density at radius 3 is 2.22 bits per heavy atom. The van der Waals surface area contributed by atoms with Crippen molar-refractivity contribution >= 4 is 15.9 Å². The van der Waals surface area contributed by atoms with Gasteiger partial charge in [0.05, 0.1) is 5.75 Å². The molecule has 0 aromatic heterocycles. The molecular formula is C20H31N3O3S. The van der Waals surface area contributed by atoms with Crippen LogP contribution in [0.3, 0.4) is 0 Å². The number of likely N-dealkylation sites (tertiary alicyclic amines) is 1. The van der Waals surface area contributed by atoms with Crippen LogP contribution in [0.25, 0.3) is 0 Å². The van der Waals surface area contributed by atoms with Gasteiger partial charge in [0.25, 0.3) is 5.91 Å². The second kappa shape index (κ2) is 9.66.